The molecule has 4 heterocycles. The lowest BCUT2D eigenvalue weighted by molar-refractivity contribution is -0.122. The monoisotopic (exact) mass is 552 g/mol. The number of fused-ring (bicyclic) bond motifs is 6. The molecule has 4 aromatic rings. The number of nitrogens with zero attached hydrogens (tertiary/aromatic N) is 3. The number of aromatic nitrogens is 1. The molecule has 7 rings (SSSR count). The van der Waals surface area contributed by atoms with Crippen LogP contribution in [-0.2, 0) is 10.2 Å². The van der Waals surface area contributed by atoms with Gasteiger partial charge in [-0.05, 0) is 53.1 Å². The van der Waals surface area contributed by atoms with Gasteiger partial charge in [0.25, 0.3) is 0 Å². The molecule has 0 bridgehead atoms. The maximum atomic E-state index is 14.8. The molecule has 1 fully saturated rings. The zero-order valence-corrected chi connectivity index (χ0v) is 22.3. The Morgan fingerprint density at radius 1 is 0.952 bits per heavy atom. The molecule has 8 heteroatoms. The van der Waals surface area contributed by atoms with Crippen molar-refractivity contribution in [2.24, 2.45) is 5.92 Å². The second-order valence-electron chi connectivity index (χ2n) is 10.5. The van der Waals surface area contributed by atoms with E-state index in [-0.39, 0.29) is 35.4 Å². The van der Waals surface area contributed by atoms with Crippen LogP contribution in [0.15, 0.2) is 104 Å². The van der Waals surface area contributed by atoms with Gasteiger partial charge in [0.2, 0.25) is 5.91 Å². The van der Waals surface area contributed by atoms with E-state index in [4.69, 9.17) is 10.00 Å². The Morgan fingerprint density at radius 3 is 2.52 bits per heavy atom. The number of hydrogen-bond donors (Lipinski definition) is 1. The van der Waals surface area contributed by atoms with Crippen molar-refractivity contribution in [3.8, 4) is 11.8 Å². The number of para-hydroxylation sites is 2. The summed E-state index contributed by atoms with van der Waals surface area (Å²) in [4.78, 5) is 49.9. The highest BCUT2D eigenvalue weighted by molar-refractivity contribution is 6.17. The van der Waals surface area contributed by atoms with E-state index >= 15 is 0 Å². The lowest BCUT2D eigenvalue weighted by Crippen LogP contribution is -2.49. The molecule has 8 nitrogen and oxygen atoms in total. The molecule has 1 amide bonds. The second kappa shape index (κ2) is 9.82. The molecule has 3 aliphatic heterocycles. The standard InChI is InChI=1S/C34H24N4O4/c35-16-20-42-27-12-6-3-9-24(27)31(40)29-28(30(39)22-13-17-36-18-14-22)34(25-10-4-5-11-26(25)37-33(34)41)32-23-8-2-1-7-21(23)15-19-38(29)32/h1-15,17-19,28-29,32H,20H2,(H,37,41)/t28-,29+,32+,34+/m1/s1. The third-order valence-electron chi connectivity index (χ3n) is 8.53. The van der Waals surface area contributed by atoms with Crippen LogP contribution in [0.2, 0.25) is 0 Å². The number of benzene rings is 3. The molecule has 0 saturated carbocycles. The van der Waals surface area contributed by atoms with Gasteiger partial charge in [-0.3, -0.25) is 19.4 Å². The number of ketones is 2. The van der Waals surface area contributed by atoms with Crippen molar-refractivity contribution in [1.29, 1.82) is 5.26 Å². The number of pyridine rings is 1. The first-order valence-electron chi connectivity index (χ1n) is 13.6. The third-order valence-corrected chi connectivity index (χ3v) is 8.53. The summed E-state index contributed by atoms with van der Waals surface area (Å²) in [6.45, 7) is -0.242. The van der Waals surface area contributed by atoms with Crippen LogP contribution in [0.25, 0.3) is 6.08 Å². The molecule has 3 aliphatic rings. The van der Waals surface area contributed by atoms with Gasteiger partial charge < -0.3 is 15.0 Å². The van der Waals surface area contributed by atoms with E-state index in [1.165, 1.54) is 12.4 Å². The molecule has 1 spiro atoms. The van der Waals surface area contributed by atoms with E-state index in [9.17, 15) is 14.4 Å². The van der Waals surface area contributed by atoms with Crippen molar-refractivity contribution in [1.82, 2.24) is 9.88 Å². The minimum absolute atomic E-state index is 0.236. The molecule has 0 radical (unpaired) electrons. The zero-order chi connectivity index (χ0) is 28.8. The van der Waals surface area contributed by atoms with Crippen LogP contribution in [-0.4, -0.2) is 40.0 Å². The van der Waals surface area contributed by atoms with E-state index in [1.807, 2.05) is 71.8 Å². The molecule has 42 heavy (non-hydrogen) atoms. The van der Waals surface area contributed by atoms with Crippen LogP contribution in [0, 0.1) is 17.2 Å². The number of anilines is 1. The molecular weight excluding hydrogens is 528 g/mol. The predicted molar refractivity (Wildman–Crippen MR) is 155 cm³/mol. The van der Waals surface area contributed by atoms with E-state index < -0.39 is 23.4 Å². The number of amides is 1. The van der Waals surface area contributed by atoms with E-state index in [2.05, 4.69) is 10.3 Å². The van der Waals surface area contributed by atoms with Crippen molar-refractivity contribution in [3.63, 3.8) is 0 Å². The van der Waals surface area contributed by atoms with Crippen LogP contribution < -0.4 is 10.1 Å². The van der Waals surface area contributed by atoms with Gasteiger partial charge in [0, 0.05) is 29.8 Å². The number of nitriles is 1. The molecular formula is C34H24N4O4. The number of carbonyl (C=O) groups excluding carboxylic acids is 3. The Morgan fingerprint density at radius 2 is 1.69 bits per heavy atom. The molecule has 0 aliphatic carbocycles. The highest BCUT2D eigenvalue weighted by Gasteiger charge is 2.70. The van der Waals surface area contributed by atoms with Crippen molar-refractivity contribution < 1.29 is 19.1 Å². The molecule has 3 aromatic carbocycles. The van der Waals surface area contributed by atoms with Crippen LogP contribution in [0.5, 0.6) is 5.75 Å². The van der Waals surface area contributed by atoms with Gasteiger partial charge >= 0.3 is 0 Å². The van der Waals surface area contributed by atoms with Crippen molar-refractivity contribution >= 4 is 29.2 Å². The van der Waals surface area contributed by atoms with Gasteiger partial charge in [0.1, 0.15) is 23.3 Å². The fraction of sp³-hybridized carbons (Fsp3) is 0.147. The van der Waals surface area contributed by atoms with Gasteiger partial charge in [-0.25, -0.2) is 0 Å². The molecule has 204 valence electrons. The van der Waals surface area contributed by atoms with Gasteiger partial charge in [0.15, 0.2) is 18.2 Å². The highest BCUT2D eigenvalue weighted by atomic mass is 16.5. The molecule has 0 unspecified atom stereocenters. The maximum absolute atomic E-state index is 14.8. The highest BCUT2D eigenvalue weighted by Crippen LogP contribution is 2.62. The summed E-state index contributed by atoms with van der Waals surface area (Å²) < 4.78 is 5.64. The number of Topliss-reactive ketones (excluding diaryl/α,β-unsaturated/α-hetero) is 2. The average molecular weight is 553 g/mol. The minimum atomic E-state index is -1.43. The van der Waals surface area contributed by atoms with Crippen molar-refractivity contribution in [2.45, 2.75) is 17.5 Å². The Labute approximate surface area is 241 Å². The Bertz CT molecular complexity index is 1830. The fourth-order valence-corrected chi connectivity index (χ4v) is 6.93. The first kappa shape index (κ1) is 25.4. The smallest absolute Gasteiger partial charge is 0.238 e. The summed E-state index contributed by atoms with van der Waals surface area (Å²) in [5.41, 5.74) is 2.22. The normalized spacial score (nSPS) is 23.0. The summed E-state index contributed by atoms with van der Waals surface area (Å²) in [5.74, 6) is -1.91. The van der Waals surface area contributed by atoms with Crippen LogP contribution in [0.1, 0.15) is 43.4 Å². The number of ether oxygens (including phenoxy) is 1. The van der Waals surface area contributed by atoms with E-state index in [0.29, 0.717) is 16.8 Å². The Balaban J connectivity index is 1.52. The molecule has 1 saturated heterocycles. The van der Waals surface area contributed by atoms with Gasteiger partial charge in [-0.15, -0.1) is 0 Å². The van der Waals surface area contributed by atoms with Gasteiger partial charge in [-0.1, -0.05) is 54.6 Å². The topological polar surface area (TPSA) is 112 Å². The second-order valence-corrected chi connectivity index (χ2v) is 10.5. The first-order chi connectivity index (χ1) is 20.6. The average Bonchev–Trinajstić information content (AvgIpc) is 3.52. The van der Waals surface area contributed by atoms with E-state index in [0.717, 1.165) is 11.1 Å². The quantitative estimate of drug-likeness (QED) is 0.336. The number of nitrogens with one attached hydrogen (secondary N) is 1. The number of hydrogen-bond acceptors (Lipinski definition) is 7. The SMILES string of the molecule is N#CCOc1ccccc1C(=O)[C@@H]1[C@H](C(=O)c2ccncc2)[C@]2(C(=O)Nc3ccccc32)[C@@H]2c3ccccc3C=CN12. The van der Waals surface area contributed by atoms with Crippen molar-refractivity contribution in [3.05, 3.63) is 131 Å². The Kier molecular flexibility index (Phi) is 5.94. The first-order valence-corrected chi connectivity index (χ1v) is 13.6. The largest absolute Gasteiger partial charge is 0.478 e. The predicted octanol–water partition coefficient (Wildman–Crippen LogP) is 4.97. The third kappa shape index (κ3) is 3.53. The molecule has 1 N–H and O–H groups in total. The summed E-state index contributed by atoms with van der Waals surface area (Å²) in [6, 6.07) is 25.3. The van der Waals surface area contributed by atoms with Crippen LogP contribution in [0.4, 0.5) is 5.69 Å². The zero-order valence-electron chi connectivity index (χ0n) is 22.3. The summed E-state index contributed by atoms with van der Waals surface area (Å²) in [5, 5.41) is 12.2. The lowest BCUT2D eigenvalue weighted by atomic mass is 9.62. The van der Waals surface area contributed by atoms with Crippen LogP contribution >= 0.6 is 0 Å². The van der Waals surface area contributed by atoms with Crippen molar-refractivity contribution in [2.75, 3.05) is 11.9 Å². The molecule has 1 aromatic heterocycles. The van der Waals surface area contributed by atoms with Crippen LogP contribution in [0.3, 0.4) is 0 Å². The summed E-state index contributed by atoms with van der Waals surface area (Å²) in [6.07, 6.45) is 6.80. The van der Waals surface area contributed by atoms with Gasteiger partial charge in [0.05, 0.1) is 17.5 Å². The maximum Gasteiger partial charge on any atom is 0.238 e. The fourth-order valence-electron chi connectivity index (χ4n) is 6.93. The molecule has 4 atom stereocenters. The lowest BCUT2D eigenvalue weighted by Gasteiger charge is -2.38. The van der Waals surface area contributed by atoms with E-state index in [1.54, 1.807) is 36.4 Å². The summed E-state index contributed by atoms with van der Waals surface area (Å²) >= 11 is 0. The number of rotatable bonds is 6. The summed E-state index contributed by atoms with van der Waals surface area (Å²) in [7, 11) is 0. The number of carbonyl (C=O) groups is 3. The van der Waals surface area contributed by atoms with Gasteiger partial charge in [-0.2, -0.15) is 5.26 Å². The minimum Gasteiger partial charge on any atom is -0.478 e. The Hall–Kier alpha value is -5.55.